The standard InChI is InChI=1S/C18H15NO5/c20-15(21)10-14-16(11-6-2-1-3-7-11)19-17(24-14)12-8-4-5-9-13(12)18(22)23/h1-9,14,16H,10H2,(H,20,21)(H,22,23). The first-order valence-corrected chi connectivity index (χ1v) is 7.40. The zero-order chi connectivity index (χ0) is 17.1. The van der Waals surface area contributed by atoms with Crippen LogP contribution in [0.1, 0.15) is 33.9 Å². The number of benzene rings is 2. The third-order valence-corrected chi connectivity index (χ3v) is 3.78. The first kappa shape index (κ1) is 15.7. The second-order valence-electron chi connectivity index (χ2n) is 5.39. The van der Waals surface area contributed by atoms with Crippen molar-refractivity contribution in [1.29, 1.82) is 0 Å². The molecule has 2 unspecified atom stereocenters. The normalized spacial score (nSPS) is 19.4. The van der Waals surface area contributed by atoms with Crippen LogP contribution in [-0.4, -0.2) is 34.2 Å². The molecule has 2 aromatic carbocycles. The quantitative estimate of drug-likeness (QED) is 0.881. The number of ether oxygens (including phenoxy) is 1. The van der Waals surface area contributed by atoms with Gasteiger partial charge in [-0.25, -0.2) is 9.79 Å². The third kappa shape index (κ3) is 3.12. The van der Waals surface area contributed by atoms with Crippen molar-refractivity contribution in [3.05, 3.63) is 71.3 Å². The number of carbonyl (C=O) groups is 2. The topological polar surface area (TPSA) is 96.2 Å². The predicted octanol–water partition coefficient (Wildman–Crippen LogP) is 2.75. The Morgan fingerprint density at radius 1 is 1.00 bits per heavy atom. The lowest BCUT2D eigenvalue weighted by Gasteiger charge is -2.16. The van der Waals surface area contributed by atoms with Gasteiger partial charge in [-0.05, 0) is 17.7 Å². The van der Waals surface area contributed by atoms with E-state index in [0.29, 0.717) is 5.56 Å². The predicted molar refractivity (Wildman–Crippen MR) is 86.2 cm³/mol. The van der Waals surface area contributed by atoms with Gasteiger partial charge in [0, 0.05) is 0 Å². The smallest absolute Gasteiger partial charge is 0.336 e. The zero-order valence-electron chi connectivity index (χ0n) is 12.6. The lowest BCUT2D eigenvalue weighted by atomic mass is 10.0. The Bertz CT molecular complexity index is 800. The molecule has 2 atom stereocenters. The fraction of sp³-hybridized carbons (Fsp3) is 0.167. The maximum Gasteiger partial charge on any atom is 0.336 e. The molecular formula is C18H15NO5. The lowest BCUT2D eigenvalue weighted by molar-refractivity contribution is -0.139. The minimum Gasteiger partial charge on any atom is -0.481 e. The monoisotopic (exact) mass is 325 g/mol. The van der Waals surface area contributed by atoms with E-state index in [9.17, 15) is 14.7 Å². The molecule has 0 amide bonds. The molecule has 6 nitrogen and oxygen atoms in total. The van der Waals surface area contributed by atoms with Gasteiger partial charge in [0.2, 0.25) is 5.90 Å². The van der Waals surface area contributed by atoms with Gasteiger partial charge in [0.15, 0.2) is 0 Å². The van der Waals surface area contributed by atoms with Crippen molar-refractivity contribution >= 4 is 17.8 Å². The lowest BCUT2D eigenvalue weighted by Crippen LogP contribution is -2.21. The Balaban J connectivity index is 2.01. The highest BCUT2D eigenvalue weighted by atomic mass is 16.5. The SMILES string of the molecule is O=C(O)CC1OC(c2ccccc2C(=O)O)=NC1c1ccccc1. The molecule has 0 aliphatic carbocycles. The van der Waals surface area contributed by atoms with E-state index < -0.39 is 24.1 Å². The molecule has 6 heteroatoms. The Morgan fingerprint density at radius 2 is 1.67 bits per heavy atom. The van der Waals surface area contributed by atoms with Gasteiger partial charge in [-0.2, -0.15) is 0 Å². The molecule has 1 aliphatic rings. The average Bonchev–Trinajstić information content (AvgIpc) is 2.98. The number of hydrogen-bond donors (Lipinski definition) is 2. The Kier molecular flexibility index (Phi) is 4.29. The van der Waals surface area contributed by atoms with Crippen molar-refractivity contribution < 1.29 is 24.5 Å². The summed E-state index contributed by atoms with van der Waals surface area (Å²) in [5.74, 6) is -1.92. The van der Waals surface area contributed by atoms with Crippen LogP contribution in [0.25, 0.3) is 0 Å². The maximum absolute atomic E-state index is 11.4. The third-order valence-electron chi connectivity index (χ3n) is 3.78. The van der Waals surface area contributed by atoms with Crippen LogP contribution in [0.15, 0.2) is 59.6 Å². The number of carboxylic acid groups (broad SMARTS) is 2. The van der Waals surface area contributed by atoms with Crippen molar-refractivity contribution in [1.82, 2.24) is 0 Å². The Morgan fingerprint density at radius 3 is 2.33 bits per heavy atom. The molecule has 0 saturated heterocycles. The summed E-state index contributed by atoms with van der Waals surface area (Å²) in [4.78, 5) is 27.0. The first-order valence-electron chi connectivity index (χ1n) is 7.40. The van der Waals surface area contributed by atoms with Gasteiger partial charge in [-0.1, -0.05) is 42.5 Å². The Hall–Kier alpha value is -3.15. The van der Waals surface area contributed by atoms with Crippen molar-refractivity contribution in [3.8, 4) is 0 Å². The van der Waals surface area contributed by atoms with E-state index in [1.54, 1.807) is 18.2 Å². The fourth-order valence-corrected chi connectivity index (χ4v) is 2.70. The largest absolute Gasteiger partial charge is 0.481 e. The molecule has 122 valence electrons. The Labute approximate surface area is 138 Å². The summed E-state index contributed by atoms with van der Waals surface area (Å²) in [6.45, 7) is 0. The van der Waals surface area contributed by atoms with E-state index in [1.807, 2.05) is 30.3 Å². The van der Waals surface area contributed by atoms with Crippen LogP contribution in [-0.2, 0) is 9.53 Å². The molecule has 0 radical (unpaired) electrons. The van der Waals surface area contributed by atoms with E-state index >= 15 is 0 Å². The molecule has 2 aromatic rings. The van der Waals surface area contributed by atoms with Crippen LogP contribution in [0.5, 0.6) is 0 Å². The molecule has 0 bridgehead atoms. The van der Waals surface area contributed by atoms with Gasteiger partial charge in [-0.3, -0.25) is 4.79 Å². The minimum absolute atomic E-state index is 0.0686. The number of aromatic carboxylic acids is 1. The zero-order valence-corrected chi connectivity index (χ0v) is 12.6. The summed E-state index contributed by atoms with van der Waals surface area (Å²) >= 11 is 0. The van der Waals surface area contributed by atoms with Gasteiger partial charge < -0.3 is 14.9 Å². The highest BCUT2D eigenvalue weighted by Gasteiger charge is 2.35. The summed E-state index contributed by atoms with van der Waals surface area (Å²) in [6, 6.07) is 15.1. The van der Waals surface area contributed by atoms with Crippen molar-refractivity contribution in [3.63, 3.8) is 0 Å². The van der Waals surface area contributed by atoms with E-state index in [0.717, 1.165) is 5.56 Å². The molecule has 1 aliphatic heterocycles. The summed E-state index contributed by atoms with van der Waals surface area (Å²) in [6.07, 6.45) is -0.899. The average molecular weight is 325 g/mol. The second kappa shape index (κ2) is 6.54. The fourth-order valence-electron chi connectivity index (χ4n) is 2.70. The van der Waals surface area contributed by atoms with Gasteiger partial charge in [0.1, 0.15) is 12.1 Å². The molecule has 2 N–H and O–H groups in total. The number of rotatable bonds is 5. The maximum atomic E-state index is 11.4. The molecule has 0 saturated carbocycles. The summed E-state index contributed by atoms with van der Waals surface area (Å²) in [5.41, 5.74) is 1.24. The molecule has 1 heterocycles. The van der Waals surface area contributed by atoms with Crippen LogP contribution in [0.2, 0.25) is 0 Å². The van der Waals surface area contributed by atoms with Gasteiger partial charge in [0.05, 0.1) is 17.5 Å². The van der Waals surface area contributed by atoms with Crippen LogP contribution in [0, 0.1) is 0 Å². The van der Waals surface area contributed by atoms with E-state index in [1.165, 1.54) is 6.07 Å². The number of carboxylic acids is 2. The number of hydrogen-bond acceptors (Lipinski definition) is 4. The molecule has 0 fully saturated rings. The van der Waals surface area contributed by atoms with Crippen LogP contribution >= 0.6 is 0 Å². The number of nitrogens with zero attached hydrogens (tertiary/aromatic N) is 1. The van der Waals surface area contributed by atoms with Crippen LogP contribution in [0.3, 0.4) is 0 Å². The molecular weight excluding hydrogens is 310 g/mol. The summed E-state index contributed by atoms with van der Waals surface area (Å²) in [7, 11) is 0. The van der Waals surface area contributed by atoms with E-state index in [2.05, 4.69) is 4.99 Å². The van der Waals surface area contributed by atoms with Crippen molar-refractivity contribution in [2.24, 2.45) is 4.99 Å². The summed E-state index contributed by atoms with van der Waals surface area (Å²) in [5, 5.41) is 18.4. The molecule has 3 rings (SSSR count). The van der Waals surface area contributed by atoms with Crippen LogP contribution in [0.4, 0.5) is 0 Å². The van der Waals surface area contributed by atoms with Crippen molar-refractivity contribution in [2.45, 2.75) is 18.6 Å². The highest BCUT2D eigenvalue weighted by molar-refractivity contribution is 6.05. The molecule has 0 spiro atoms. The minimum atomic E-state index is -1.09. The van der Waals surface area contributed by atoms with Gasteiger partial charge in [-0.15, -0.1) is 0 Å². The van der Waals surface area contributed by atoms with Gasteiger partial charge >= 0.3 is 11.9 Å². The van der Waals surface area contributed by atoms with Crippen molar-refractivity contribution in [2.75, 3.05) is 0 Å². The second-order valence-corrected chi connectivity index (χ2v) is 5.39. The number of aliphatic imine (C=N–C) groups is 1. The van der Waals surface area contributed by atoms with E-state index in [-0.39, 0.29) is 17.9 Å². The van der Waals surface area contributed by atoms with Crippen LogP contribution < -0.4 is 0 Å². The first-order chi connectivity index (χ1) is 11.6. The highest BCUT2D eigenvalue weighted by Crippen LogP contribution is 2.33. The summed E-state index contributed by atoms with van der Waals surface area (Å²) < 4.78 is 5.72. The van der Waals surface area contributed by atoms with E-state index in [4.69, 9.17) is 9.84 Å². The van der Waals surface area contributed by atoms with Gasteiger partial charge in [0.25, 0.3) is 0 Å². The number of aliphatic carboxylic acids is 1. The molecule has 24 heavy (non-hydrogen) atoms. The molecule has 0 aromatic heterocycles.